The van der Waals surface area contributed by atoms with E-state index >= 15 is 0 Å². The highest BCUT2D eigenvalue weighted by atomic mass is 19.1. The van der Waals surface area contributed by atoms with Crippen LogP contribution < -0.4 is 0 Å². The quantitative estimate of drug-likeness (QED) is 0.818. The highest BCUT2D eigenvalue weighted by molar-refractivity contribution is 5.34. The van der Waals surface area contributed by atoms with E-state index in [-0.39, 0.29) is 5.56 Å². The van der Waals surface area contributed by atoms with Crippen molar-refractivity contribution in [3.63, 3.8) is 0 Å². The summed E-state index contributed by atoms with van der Waals surface area (Å²) in [6.45, 7) is 5.29. The van der Waals surface area contributed by atoms with E-state index < -0.39 is 5.82 Å². The highest BCUT2D eigenvalue weighted by Crippen LogP contribution is 2.21. The lowest BCUT2D eigenvalue weighted by atomic mass is 9.95. The van der Waals surface area contributed by atoms with Gasteiger partial charge in [-0.15, -0.1) is 0 Å². The zero-order valence-electron chi connectivity index (χ0n) is 10.8. The third-order valence-corrected chi connectivity index (χ3v) is 3.74. The average molecular weight is 246 g/mol. The molecule has 0 N–H and O–H groups in total. The first kappa shape index (κ1) is 13.0. The van der Waals surface area contributed by atoms with Crippen molar-refractivity contribution in [3.05, 3.63) is 35.1 Å². The van der Waals surface area contributed by atoms with Crippen LogP contribution in [0.5, 0.6) is 0 Å². The maximum atomic E-state index is 13.2. The molecule has 1 aliphatic heterocycles. The molecule has 96 valence electrons. The van der Waals surface area contributed by atoms with E-state index in [0.717, 1.165) is 31.1 Å². The van der Waals surface area contributed by atoms with Crippen LogP contribution in [0, 0.1) is 23.1 Å². The second-order valence-electron chi connectivity index (χ2n) is 5.08. The molecule has 0 saturated carbocycles. The van der Waals surface area contributed by atoms with Crippen LogP contribution in [0.3, 0.4) is 0 Å². The van der Waals surface area contributed by atoms with Gasteiger partial charge in [-0.05, 0) is 43.0 Å². The van der Waals surface area contributed by atoms with E-state index in [2.05, 4.69) is 11.8 Å². The van der Waals surface area contributed by atoms with E-state index in [1.807, 2.05) is 6.07 Å². The van der Waals surface area contributed by atoms with Crippen molar-refractivity contribution < 1.29 is 4.39 Å². The fourth-order valence-corrected chi connectivity index (χ4v) is 2.64. The lowest BCUT2D eigenvalue weighted by Crippen LogP contribution is -2.34. The lowest BCUT2D eigenvalue weighted by molar-refractivity contribution is 0.164. The number of halogens is 1. The molecule has 0 aliphatic carbocycles. The van der Waals surface area contributed by atoms with Crippen molar-refractivity contribution in [2.24, 2.45) is 5.92 Å². The predicted octanol–water partition coefficient (Wildman–Crippen LogP) is 3.32. The Morgan fingerprint density at radius 1 is 1.50 bits per heavy atom. The standard InChI is InChI=1S/C15H19FN2/c1-2-12-4-3-7-18(10-12)11-13-5-6-15(16)14(8-13)9-17/h5-6,8,12H,2-4,7,10-11H2,1H3. The van der Waals surface area contributed by atoms with Crippen LogP contribution in [0.15, 0.2) is 18.2 Å². The summed E-state index contributed by atoms with van der Waals surface area (Å²) in [5.74, 6) is 0.362. The van der Waals surface area contributed by atoms with E-state index in [9.17, 15) is 4.39 Å². The van der Waals surface area contributed by atoms with Crippen molar-refractivity contribution >= 4 is 0 Å². The van der Waals surface area contributed by atoms with Crippen molar-refractivity contribution in [3.8, 4) is 6.07 Å². The summed E-state index contributed by atoms with van der Waals surface area (Å²) in [6.07, 6.45) is 3.79. The van der Waals surface area contributed by atoms with Gasteiger partial charge < -0.3 is 0 Å². The average Bonchev–Trinajstić information content (AvgIpc) is 2.41. The number of hydrogen-bond donors (Lipinski definition) is 0. The third kappa shape index (κ3) is 3.08. The molecule has 2 nitrogen and oxygen atoms in total. The molecular weight excluding hydrogens is 227 g/mol. The maximum Gasteiger partial charge on any atom is 0.140 e. The molecular formula is C15H19FN2. The van der Waals surface area contributed by atoms with Gasteiger partial charge in [-0.3, -0.25) is 4.90 Å². The first-order valence-corrected chi connectivity index (χ1v) is 6.63. The number of rotatable bonds is 3. The SMILES string of the molecule is CCC1CCCN(Cc2ccc(F)c(C#N)c2)C1. The van der Waals surface area contributed by atoms with E-state index in [1.165, 1.54) is 25.3 Å². The highest BCUT2D eigenvalue weighted by Gasteiger charge is 2.18. The largest absolute Gasteiger partial charge is 0.299 e. The smallest absolute Gasteiger partial charge is 0.140 e. The van der Waals surface area contributed by atoms with E-state index in [0.29, 0.717) is 0 Å². The van der Waals surface area contributed by atoms with E-state index in [1.54, 1.807) is 12.1 Å². The minimum absolute atomic E-state index is 0.150. The van der Waals surface area contributed by atoms with Gasteiger partial charge in [0.15, 0.2) is 0 Å². The Hall–Kier alpha value is -1.40. The van der Waals surface area contributed by atoms with Crippen molar-refractivity contribution in [2.45, 2.75) is 32.7 Å². The normalized spacial score (nSPS) is 20.6. The third-order valence-electron chi connectivity index (χ3n) is 3.74. The molecule has 2 rings (SSSR count). The van der Waals surface area contributed by atoms with Gasteiger partial charge in [-0.2, -0.15) is 5.26 Å². The fraction of sp³-hybridized carbons (Fsp3) is 0.533. The Kier molecular flexibility index (Phi) is 4.33. The molecule has 18 heavy (non-hydrogen) atoms. The molecule has 1 aliphatic rings. The van der Waals surface area contributed by atoms with Gasteiger partial charge in [0, 0.05) is 13.1 Å². The van der Waals surface area contributed by atoms with Gasteiger partial charge in [0.2, 0.25) is 0 Å². The molecule has 0 bridgehead atoms. The Bertz CT molecular complexity index is 450. The van der Waals surface area contributed by atoms with Crippen LogP contribution in [0.1, 0.15) is 37.3 Å². The number of hydrogen-bond acceptors (Lipinski definition) is 2. The number of benzene rings is 1. The summed E-state index contributed by atoms with van der Waals surface area (Å²) in [5.41, 5.74) is 1.18. The molecule has 1 atom stereocenters. The van der Waals surface area contributed by atoms with Crippen LogP contribution in [-0.4, -0.2) is 18.0 Å². The Morgan fingerprint density at radius 2 is 2.33 bits per heavy atom. The summed E-state index contributed by atoms with van der Waals surface area (Å²) in [7, 11) is 0. The lowest BCUT2D eigenvalue weighted by Gasteiger charge is -2.32. The van der Waals surface area contributed by atoms with Gasteiger partial charge in [0.05, 0.1) is 5.56 Å². The molecule has 1 aromatic carbocycles. The fourth-order valence-electron chi connectivity index (χ4n) is 2.64. The van der Waals surface area contributed by atoms with Crippen molar-refractivity contribution in [1.82, 2.24) is 4.90 Å². The van der Waals surface area contributed by atoms with Crippen LogP contribution in [0.4, 0.5) is 4.39 Å². The zero-order chi connectivity index (χ0) is 13.0. The van der Waals surface area contributed by atoms with Crippen LogP contribution in [0.25, 0.3) is 0 Å². The second-order valence-corrected chi connectivity index (χ2v) is 5.08. The molecule has 0 aromatic heterocycles. The molecule has 1 heterocycles. The van der Waals surface area contributed by atoms with E-state index in [4.69, 9.17) is 5.26 Å². The number of nitrogens with zero attached hydrogens (tertiary/aromatic N) is 2. The summed E-state index contributed by atoms with van der Waals surface area (Å²) in [5, 5.41) is 8.83. The Morgan fingerprint density at radius 3 is 3.06 bits per heavy atom. The predicted molar refractivity (Wildman–Crippen MR) is 69.4 cm³/mol. The van der Waals surface area contributed by atoms with Crippen LogP contribution in [-0.2, 0) is 6.54 Å². The molecule has 1 aromatic rings. The summed E-state index contributed by atoms with van der Waals surface area (Å²) in [6, 6.07) is 6.75. The minimum atomic E-state index is -0.425. The van der Waals surface area contributed by atoms with Crippen LogP contribution >= 0.6 is 0 Å². The first-order valence-electron chi connectivity index (χ1n) is 6.63. The molecule has 3 heteroatoms. The van der Waals surface area contributed by atoms with Gasteiger partial charge in [0.25, 0.3) is 0 Å². The summed E-state index contributed by atoms with van der Waals surface area (Å²) in [4.78, 5) is 2.41. The topological polar surface area (TPSA) is 27.0 Å². The molecule has 0 radical (unpaired) electrons. The molecule has 0 amide bonds. The van der Waals surface area contributed by atoms with Gasteiger partial charge in [-0.1, -0.05) is 19.4 Å². The van der Waals surface area contributed by atoms with Gasteiger partial charge in [-0.25, -0.2) is 4.39 Å². The van der Waals surface area contributed by atoms with Crippen molar-refractivity contribution in [1.29, 1.82) is 5.26 Å². The van der Waals surface area contributed by atoms with Crippen LogP contribution in [0.2, 0.25) is 0 Å². The maximum absolute atomic E-state index is 13.2. The monoisotopic (exact) mass is 246 g/mol. The van der Waals surface area contributed by atoms with Gasteiger partial charge in [0.1, 0.15) is 11.9 Å². The number of likely N-dealkylation sites (tertiary alicyclic amines) is 1. The second kappa shape index (κ2) is 5.97. The molecule has 1 unspecified atom stereocenters. The number of piperidine rings is 1. The minimum Gasteiger partial charge on any atom is -0.299 e. The first-order chi connectivity index (χ1) is 8.72. The zero-order valence-corrected chi connectivity index (χ0v) is 10.8. The van der Waals surface area contributed by atoms with Crippen molar-refractivity contribution in [2.75, 3.05) is 13.1 Å². The number of nitriles is 1. The molecule has 1 saturated heterocycles. The Labute approximate surface area is 108 Å². The summed E-state index contributed by atoms with van der Waals surface area (Å²) < 4.78 is 13.2. The summed E-state index contributed by atoms with van der Waals surface area (Å²) >= 11 is 0. The van der Waals surface area contributed by atoms with Gasteiger partial charge >= 0.3 is 0 Å². The Balaban J connectivity index is 2.03. The molecule has 0 spiro atoms. The molecule has 1 fully saturated rings.